The molecule has 3 aliphatic rings. The van der Waals surface area contributed by atoms with Crippen molar-refractivity contribution < 1.29 is 14.5 Å². The van der Waals surface area contributed by atoms with E-state index >= 15 is 0 Å². The standard InChI is InChI=1S/C20H24N2O3/c1-3-13-12-22(24)9-7-14(13)10-19(22)20(23)16-6-8-21-18-5-4-15(25-2)11-17(16)18/h3-6,8,11,13-14,19-20,23H,1,7,9-10,12H2,2H3/t13-,14+,19+,20-,22?/m0/s1. The van der Waals surface area contributed by atoms with Crippen molar-refractivity contribution in [2.24, 2.45) is 11.8 Å². The van der Waals surface area contributed by atoms with E-state index in [0.717, 1.165) is 35.1 Å². The first kappa shape index (κ1) is 16.5. The van der Waals surface area contributed by atoms with Crippen molar-refractivity contribution in [2.45, 2.75) is 25.0 Å². The molecule has 3 saturated heterocycles. The Morgan fingerprint density at radius 3 is 3.00 bits per heavy atom. The molecule has 3 fully saturated rings. The van der Waals surface area contributed by atoms with Crippen molar-refractivity contribution in [3.63, 3.8) is 0 Å². The van der Waals surface area contributed by atoms with Crippen LogP contribution >= 0.6 is 0 Å². The van der Waals surface area contributed by atoms with Crippen LogP contribution in [0.5, 0.6) is 5.75 Å². The number of quaternary nitrogens is 1. The van der Waals surface area contributed by atoms with E-state index in [2.05, 4.69) is 11.6 Å². The van der Waals surface area contributed by atoms with Gasteiger partial charge in [-0.3, -0.25) is 4.98 Å². The molecule has 5 heteroatoms. The number of hydrogen-bond acceptors (Lipinski definition) is 4. The Labute approximate surface area is 147 Å². The summed E-state index contributed by atoms with van der Waals surface area (Å²) in [5, 5.41) is 25.4. The SMILES string of the molecule is C=C[C@H]1C[N+]2([O-])CC[C@@H]1C[C@@H]2[C@@H](O)c1ccnc2ccc(OC)cc12. The summed E-state index contributed by atoms with van der Waals surface area (Å²) in [6, 6.07) is 7.12. The minimum Gasteiger partial charge on any atom is -0.632 e. The summed E-state index contributed by atoms with van der Waals surface area (Å²) in [7, 11) is 1.62. The van der Waals surface area contributed by atoms with E-state index in [1.807, 2.05) is 30.3 Å². The van der Waals surface area contributed by atoms with E-state index in [4.69, 9.17) is 4.74 Å². The molecule has 0 radical (unpaired) electrons. The summed E-state index contributed by atoms with van der Waals surface area (Å²) in [4.78, 5) is 4.37. The smallest absolute Gasteiger partial charge is 0.132 e. The van der Waals surface area contributed by atoms with Crippen LogP contribution in [0.2, 0.25) is 0 Å². The molecule has 0 amide bonds. The second-order valence-electron chi connectivity index (χ2n) is 7.34. The van der Waals surface area contributed by atoms with Crippen LogP contribution in [0.3, 0.4) is 0 Å². The van der Waals surface area contributed by atoms with Crippen LogP contribution in [0.4, 0.5) is 0 Å². The van der Waals surface area contributed by atoms with Gasteiger partial charge in [0.05, 0.1) is 25.7 Å². The normalized spacial score (nSPS) is 32.5. The van der Waals surface area contributed by atoms with Gasteiger partial charge in [0.15, 0.2) is 0 Å². The fraction of sp³-hybridized carbons (Fsp3) is 0.450. The number of pyridine rings is 1. The molecular weight excluding hydrogens is 316 g/mol. The van der Waals surface area contributed by atoms with Crippen LogP contribution in [0.25, 0.3) is 10.9 Å². The summed E-state index contributed by atoms with van der Waals surface area (Å²) in [6.45, 7) is 5.01. The van der Waals surface area contributed by atoms with Crippen LogP contribution < -0.4 is 4.74 Å². The number of ether oxygens (including phenoxy) is 1. The molecule has 0 aliphatic carbocycles. The zero-order valence-corrected chi connectivity index (χ0v) is 14.5. The topological polar surface area (TPSA) is 65.4 Å². The molecule has 5 atom stereocenters. The predicted molar refractivity (Wildman–Crippen MR) is 96.8 cm³/mol. The van der Waals surface area contributed by atoms with Crippen LogP contribution in [-0.4, -0.2) is 41.0 Å². The fourth-order valence-electron chi connectivity index (χ4n) is 4.68. The molecule has 0 saturated carbocycles. The highest BCUT2D eigenvalue weighted by Crippen LogP contribution is 2.46. The third-order valence-corrected chi connectivity index (χ3v) is 6.12. The number of aromatic nitrogens is 1. The number of nitrogens with zero attached hydrogens (tertiary/aromatic N) is 2. The Balaban J connectivity index is 1.73. The molecule has 25 heavy (non-hydrogen) atoms. The number of methoxy groups -OCH3 is 1. The van der Waals surface area contributed by atoms with Crippen molar-refractivity contribution >= 4 is 10.9 Å². The van der Waals surface area contributed by atoms with Gasteiger partial charge in [-0.2, -0.15) is 0 Å². The number of benzene rings is 1. The molecule has 1 aromatic heterocycles. The highest BCUT2D eigenvalue weighted by atomic mass is 16.6. The first-order valence-corrected chi connectivity index (χ1v) is 8.87. The van der Waals surface area contributed by atoms with E-state index in [0.29, 0.717) is 19.0 Å². The largest absolute Gasteiger partial charge is 0.632 e. The number of hydroxylamine groups is 3. The number of piperidine rings is 3. The molecular formula is C20H24N2O3. The molecule has 2 aromatic rings. The maximum Gasteiger partial charge on any atom is 0.132 e. The lowest BCUT2D eigenvalue weighted by Crippen LogP contribution is -2.64. The van der Waals surface area contributed by atoms with Crippen LogP contribution in [0, 0.1) is 17.0 Å². The van der Waals surface area contributed by atoms with E-state index < -0.39 is 6.10 Å². The fourth-order valence-corrected chi connectivity index (χ4v) is 4.68. The van der Waals surface area contributed by atoms with Crippen molar-refractivity contribution in [2.75, 3.05) is 20.2 Å². The number of fused-ring (bicyclic) bond motifs is 4. The summed E-state index contributed by atoms with van der Waals surface area (Å²) < 4.78 is 5.00. The van der Waals surface area contributed by atoms with Crippen molar-refractivity contribution in [3.8, 4) is 5.75 Å². The Kier molecular flexibility index (Phi) is 4.02. The average Bonchev–Trinajstić information content (AvgIpc) is 2.66. The number of aliphatic hydroxyl groups excluding tert-OH is 1. The number of aliphatic hydroxyl groups is 1. The summed E-state index contributed by atoms with van der Waals surface area (Å²) in [6.07, 6.45) is 4.49. The Hall–Kier alpha value is -1.95. The van der Waals surface area contributed by atoms with E-state index in [1.165, 1.54) is 0 Å². The highest BCUT2D eigenvalue weighted by molar-refractivity contribution is 5.83. The molecule has 0 spiro atoms. The third kappa shape index (κ3) is 2.63. The van der Waals surface area contributed by atoms with Crippen molar-refractivity contribution in [1.82, 2.24) is 4.98 Å². The minimum absolute atomic E-state index is 0.268. The zero-order chi connectivity index (χ0) is 17.6. The average molecular weight is 340 g/mol. The molecule has 5 rings (SSSR count). The lowest BCUT2D eigenvalue weighted by Gasteiger charge is -2.61. The lowest BCUT2D eigenvalue weighted by molar-refractivity contribution is -0.929. The van der Waals surface area contributed by atoms with Gasteiger partial charge in [0.1, 0.15) is 17.9 Å². The van der Waals surface area contributed by atoms with Crippen LogP contribution in [0.1, 0.15) is 24.5 Å². The Morgan fingerprint density at radius 1 is 1.44 bits per heavy atom. The predicted octanol–water partition coefficient (Wildman–Crippen LogP) is 3.19. The maximum absolute atomic E-state index is 13.4. The lowest BCUT2D eigenvalue weighted by atomic mass is 9.73. The van der Waals surface area contributed by atoms with Crippen LogP contribution in [-0.2, 0) is 0 Å². The Morgan fingerprint density at radius 2 is 2.28 bits per heavy atom. The van der Waals surface area contributed by atoms with E-state index in [1.54, 1.807) is 13.3 Å². The minimum atomic E-state index is -0.802. The molecule has 1 unspecified atom stereocenters. The van der Waals surface area contributed by atoms with Gasteiger partial charge in [0.2, 0.25) is 0 Å². The summed E-state index contributed by atoms with van der Waals surface area (Å²) >= 11 is 0. The molecule has 2 bridgehead atoms. The van der Waals surface area contributed by atoms with Gasteiger partial charge >= 0.3 is 0 Å². The second kappa shape index (κ2) is 6.09. The van der Waals surface area contributed by atoms with Gasteiger partial charge in [-0.15, -0.1) is 6.58 Å². The molecule has 5 nitrogen and oxygen atoms in total. The van der Waals surface area contributed by atoms with Crippen molar-refractivity contribution in [1.29, 1.82) is 0 Å². The molecule has 3 aliphatic heterocycles. The van der Waals surface area contributed by atoms with Crippen LogP contribution in [0.15, 0.2) is 43.1 Å². The number of hydrogen-bond donors (Lipinski definition) is 1. The summed E-state index contributed by atoms with van der Waals surface area (Å²) in [5.41, 5.74) is 1.57. The molecule has 1 aromatic carbocycles. The van der Waals surface area contributed by atoms with Gasteiger partial charge in [0, 0.05) is 30.3 Å². The van der Waals surface area contributed by atoms with Gasteiger partial charge in [0.25, 0.3) is 0 Å². The second-order valence-corrected chi connectivity index (χ2v) is 7.34. The summed E-state index contributed by atoms with van der Waals surface area (Å²) in [5.74, 6) is 1.44. The number of rotatable bonds is 4. The van der Waals surface area contributed by atoms with Crippen molar-refractivity contribution in [3.05, 3.63) is 53.9 Å². The Bertz CT molecular complexity index is 809. The zero-order valence-electron chi connectivity index (χ0n) is 14.5. The highest BCUT2D eigenvalue weighted by Gasteiger charge is 2.49. The molecule has 1 N–H and O–H groups in total. The van der Waals surface area contributed by atoms with Gasteiger partial charge < -0.3 is 19.7 Å². The monoisotopic (exact) mass is 340 g/mol. The quantitative estimate of drug-likeness (QED) is 0.527. The third-order valence-electron chi connectivity index (χ3n) is 6.12. The van der Waals surface area contributed by atoms with E-state index in [9.17, 15) is 10.3 Å². The van der Waals surface area contributed by atoms with Gasteiger partial charge in [-0.05, 0) is 35.7 Å². The molecule has 4 heterocycles. The first-order chi connectivity index (χ1) is 12.1. The van der Waals surface area contributed by atoms with Gasteiger partial charge in [-0.1, -0.05) is 6.08 Å². The first-order valence-electron chi connectivity index (χ1n) is 8.87. The van der Waals surface area contributed by atoms with E-state index in [-0.39, 0.29) is 16.6 Å². The maximum atomic E-state index is 13.4. The van der Waals surface area contributed by atoms with Gasteiger partial charge in [-0.25, -0.2) is 0 Å². The molecule has 132 valence electrons.